The molecule has 2 aromatic rings. The van der Waals surface area contributed by atoms with E-state index in [1.165, 1.54) is 13.2 Å². The van der Waals surface area contributed by atoms with Crippen LogP contribution in [0.15, 0.2) is 48.8 Å². The summed E-state index contributed by atoms with van der Waals surface area (Å²) >= 11 is 0. The summed E-state index contributed by atoms with van der Waals surface area (Å²) in [6.07, 6.45) is 6.46. The molecule has 0 spiro atoms. The molecular weight excluding hydrogens is 282 g/mol. The number of benzene rings is 1. The molecule has 0 N–H and O–H groups in total. The van der Waals surface area contributed by atoms with Crippen LogP contribution in [0.3, 0.4) is 0 Å². The van der Waals surface area contributed by atoms with Crippen LogP contribution in [0.1, 0.15) is 11.1 Å². The van der Waals surface area contributed by atoms with Crippen molar-refractivity contribution >= 4 is 12.0 Å². The Hall–Kier alpha value is -2.82. The van der Waals surface area contributed by atoms with Gasteiger partial charge in [-0.3, -0.25) is 4.98 Å². The van der Waals surface area contributed by atoms with Gasteiger partial charge in [0.05, 0.1) is 14.2 Å². The summed E-state index contributed by atoms with van der Waals surface area (Å²) in [5, 5.41) is 0. The zero-order valence-electron chi connectivity index (χ0n) is 12.5. The van der Waals surface area contributed by atoms with Gasteiger partial charge in [-0.25, -0.2) is 4.79 Å². The number of ether oxygens (including phenoxy) is 3. The Morgan fingerprint density at radius 3 is 2.77 bits per heavy atom. The second-order valence-corrected chi connectivity index (χ2v) is 4.42. The first-order valence-corrected chi connectivity index (χ1v) is 6.68. The molecule has 5 nitrogen and oxygen atoms in total. The molecule has 0 aliphatic carbocycles. The molecule has 1 aromatic carbocycles. The zero-order chi connectivity index (χ0) is 15.8. The van der Waals surface area contributed by atoms with E-state index in [1.54, 1.807) is 37.7 Å². The average molecular weight is 299 g/mol. The van der Waals surface area contributed by atoms with Crippen molar-refractivity contribution in [3.05, 3.63) is 59.9 Å². The van der Waals surface area contributed by atoms with E-state index in [0.717, 1.165) is 11.1 Å². The van der Waals surface area contributed by atoms with Gasteiger partial charge in [-0.1, -0.05) is 12.1 Å². The Kier molecular flexibility index (Phi) is 5.54. The number of hydrogen-bond donors (Lipinski definition) is 0. The van der Waals surface area contributed by atoms with E-state index in [2.05, 4.69) is 9.72 Å². The third-order valence-corrected chi connectivity index (χ3v) is 2.92. The maximum atomic E-state index is 11.1. The quantitative estimate of drug-likeness (QED) is 0.606. The van der Waals surface area contributed by atoms with Crippen LogP contribution in [-0.4, -0.2) is 25.2 Å². The zero-order valence-corrected chi connectivity index (χ0v) is 12.5. The second kappa shape index (κ2) is 7.83. The monoisotopic (exact) mass is 299 g/mol. The first-order chi connectivity index (χ1) is 10.7. The van der Waals surface area contributed by atoms with E-state index in [4.69, 9.17) is 9.47 Å². The van der Waals surface area contributed by atoms with Crippen LogP contribution in [0.2, 0.25) is 0 Å². The topological polar surface area (TPSA) is 57.7 Å². The highest BCUT2D eigenvalue weighted by Crippen LogP contribution is 2.29. The van der Waals surface area contributed by atoms with E-state index in [9.17, 15) is 4.79 Å². The SMILES string of the molecule is COC(=O)/C=C/c1ccc(OC)c(OCc2cccnc2)c1. The number of aromatic nitrogens is 1. The van der Waals surface area contributed by atoms with Gasteiger partial charge in [-0.15, -0.1) is 0 Å². The van der Waals surface area contributed by atoms with Gasteiger partial charge >= 0.3 is 5.97 Å². The van der Waals surface area contributed by atoms with Gasteiger partial charge in [0.1, 0.15) is 6.61 Å². The van der Waals surface area contributed by atoms with Crippen molar-refractivity contribution in [2.45, 2.75) is 6.61 Å². The molecule has 0 saturated carbocycles. The highest BCUT2D eigenvalue weighted by atomic mass is 16.5. The van der Waals surface area contributed by atoms with E-state index < -0.39 is 5.97 Å². The van der Waals surface area contributed by atoms with Crippen LogP contribution in [0.4, 0.5) is 0 Å². The fourth-order valence-electron chi connectivity index (χ4n) is 1.79. The maximum absolute atomic E-state index is 11.1. The van der Waals surface area contributed by atoms with Gasteiger partial charge in [0.25, 0.3) is 0 Å². The lowest BCUT2D eigenvalue weighted by Crippen LogP contribution is -1.98. The highest BCUT2D eigenvalue weighted by Gasteiger charge is 2.06. The van der Waals surface area contributed by atoms with E-state index >= 15 is 0 Å². The Labute approximate surface area is 129 Å². The molecule has 1 aromatic heterocycles. The second-order valence-electron chi connectivity index (χ2n) is 4.42. The van der Waals surface area contributed by atoms with Crippen LogP contribution in [0.25, 0.3) is 6.08 Å². The van der Waals surface area contributed by atoms with Gasteiger partial charge in [0.2, 0.25) is 0 Å². The molecule has 114 valence electrons. The first kappa shape index (κ1) is 15.6. The molecule has 2 rings (SSSR count). The fraction of sp³-hybridized carbons (Fsp3) is 0.176. The van der Waals surface area contributed by atoms with Crippen molar-refractivity contribution in [1.82, 2.24) is 4.98 Å². The summed E-state index contributed by atoms with van der Waals surface area (Å²) in [5.41, 5.74) is 1.77. The van der Waals surface area contributed by atoms with Crippen molar-refractivity contribution in [2.75, 3.05) is 14.2 Å². The molecule has 0 radical (unpaired) electrons. The van der Waals surface area contributed by atoms with Gasteiger partial charge in [-0.2, -0.15) is 0 Å². The van der Waals surface area contributed by atoms with E-state index in [1.807, 2.05) is 18.2 Å². The number of hydrogen-bond acceptors (Lipinski definition) is 5. The predicted octanol–water partition coefficient (Wildman–Crippen LogP) is 2.86. The fourth-order valence-corrected chi connectivity index (χ4v) is 1.79. The summed E-state index contributed by atoms with van der Waals surface area (Å²) in [6, 6.07) is 9.20. The summed E-state index contributed by atoms with van der Waals surface area (Å²) < 4.78 is 15.6. The molecule has 22 heavy (non-hydrogen) atoms. The molecule has 0 amide bonds. The van der Waals surface area contributed by atoms with Gasteiger partial charge in [0, 0.05) is 24.0 Å². The van der Waals surface area contributed by atoms with Gasteiger partial charge in [0.15, 0.2) is 11.5 Å². The van der Waals surface area contributed by atoms with Crippen LogP contribution < -0.4 is 9.47 Å². The smallest absolute Gasteiger partial charge is 0.330 e. The predicted molar refractivity (Wildman–Crippen MR) is 82.6 cm³/mol. The lowest BCUT2D eigenvalue weighted by molar-refractivity contribution is -0.134. The lowest BCUT2D eigenvalue weighted by Gasteiger charge is -2.11. The van der Waals surface area contributed by atoms with Crippen molar-refractivity contribution in [2.24, 2.45) is 0 Å². The number of esters is 1. The molecular formula is C17H17NO4. The van der Waals surface area contributed by atoms with Crippen molar-refractivity contribution in [1.29, 1.82) is 0 Å². The van der Waals surface area contributed by atoms with Crippen molar-refractivity contribution in [3.63, 3.8) is 0 Å². The summed E-state index contributed by atoms with van der Waals surface area (Å²) in [4.78, 5) is 15.2. The molecule has 0 atom stereocenters. The van der Waals surface area contributed by atoms with Crippen LogP contribution in [0, 0.1) is 0 Å². The Bertz CT molecular complexity index is 653. The molecule has 0 unspecified atom stereocenters. The van der Waals surface area contributed by atoms with Crippen LogP contribution in [0.5, 0.6) is 11.5 Å². The minimum atomic E-state index is -0.409. The highest BCUT2D eigenvalue weighted by molar-refractivity contribution is 5.87. The Balaban J connectivity index is 2.14. The standard InChI is InChI=1S/C17H17NO4/c1-20-15-7-5-13(6-8-17(19)21-2)10-16(15)22-12-14-4-3-9-18-11-14/h3-11H,12H2,1-2H3/b8-6+. The Morgan fingerprint density at radius 2 is 2.09 bits per heavy atom. The summed E-state index contributed by atoms with van der Waals surface area (Å²) in [7, 11) is 2.92. The normalized spacial score (nSPS) is 10.5. The third kappa shape index (κ3) is 4.34. The number of pyridine rings is 1. The number of carbonyl (C=O) groups is 1. The van der Waals surface area contributed by atoms with Crippen LogP contribution in [-0.2, 0) is 16.1 Å². The first-order valence-electron chi connectivity index (χ1n) is 6.68. The largest absolute Gasteiger partial charge is 0.493 e. The molecule has 0 aliphatic rings. The number of methoxy groups -OCH3 is 2. The lowest BCUT2D eigenvalue weighted by atomic mass is 10.2. The molecule has 0 fully saturated rings. The van der Waals surface area contributed by atoms with Crippen LogP contribution >= 0.6 is 0 Å². The number of carbonyl (C=O) groups excluding carboxylic acids is 1. The third-order valence-electron chi connectivity index (χ3n) is 2.92. The molecule has 0 aliphatic heterocycles. The maximum Gasteiger partial charge on any atom is 0.330 e. The minimum Gasteiger partial charge on any atom is -0.493 e. The summed E-state index contributed by atoms with van der Waals surface area (Å²) in [5.74, 6) is 0.811. The van der Waals surface area contributed by atoms with Crippen molar-refractivity contribution < 1.29 is 19.0 Å². The minimum absolute atomic E-state index is 0.383. The molecule has 5 heteroatoms. The Morgan fingerprint density at radius 1 is 1.23 bits per heavy atom. The molecule has 0 saturated heterocycles. The van der Waals surface area contributed by atoms with Crippen molar-refractivity contribution in [3.8, 4) is 11.5 Å². The van der Waals surface area contributed by atoms with E-state index in [-0.39, 0.29) is 0 Å². The number of rotatable bonds is 6. The summed E-state index contributed by atoms with van der Waals surface area (Å²) in [6.45, 7) is 0.383. The van der Waals surface area contributed by atoms with Gasteiger partial charge < -0.3 is 14.2 Å². The molecule has 0 bridgehead atoms. The average Bonchev–Trinajstić information content (AvgIpc) is 2.58. The van der Waals surface area contributed by atoms with E-state index in [0.29, 0.717) is 18.1 Å². The number of nitrogens with zero attached hydrogens (tertiary/aromatic N) is 1. The van der Waals surface area contributed by atoms with Gasteiger partial charge in [-0.05, 0) is 29.8 Å². The molecule has 1 heterocycles.